The number of hydrogen-bond acceptors (Lipinski definition) is 3. The van der Waals surface area contributed by atoms with E-state index < -0.39 is 7.12 Å². The molecule has 0 N–H and O–H groups in total. The summed E-state index contributed by atoms with van der Waals surface area (Å²) >= 11 is 0. The van der Waals surface area contributed by atoms with Gasteiger partial charge in [-0.15, -0.1) is 0 Å². The molecule has 40 heavy (non-hydrogen) atoms. The number of rotatable bonds is 2. The van der Waals surface area contributed by atoms with Crippen molar-refractivity contribution in [3.05, 3.63) is 90.0 Å². The van der Waals surface area contributed by atoms with Gasteiger partial charge in [-0.25, -0.2) is 0 Å². The van der Waals surface area contributed by atoms with E-state index in [1.165, 1.54) is 58.4 Å². The van der Waals surface area contributed by atoms with Crippen LogP contribution >= 0.6 is 0 Å². The maximum absolute atomic E-state index is 6.44. The van der Waals surface area contributed by atoms with E-state index in [0.717, 1.165) is 27.4 Å². The van der Waals surface area contributed by atoms with Crippen molar-refractivity contribution in [2.45, 2.75) is 64.6 Å². The summed E-state index contributed by atoms with van der Waals surface area (Å²) in [5.41, 5.74) is 7.48. The van der Waals surface area contributed by atoms with Gasteiger partial charge >= 0.3 is 7.12 Å². The second kappa shape index (κ2) is 8.45. The van der Waals surface area contributed by atoms with Crippen molar-refractivity contribution in [2.24, 2.45) is 0 Å². The van der Waals surface area contributed by atoms with Crippen LogP contribution in [-0.2, 0) is 22.2 Å². The monoisotopic (exact) mass is 524 g/mol. The van der Waals surface area contributed by atoms with E-state index in [2.05, 4.69) is 107 Å². The summed E-state index contributed by atoms with van der Waals surface area (Å²) in [6.07, 6.45) is 4.93. The van der Waals surface area contributed by atoms with Crippen LogP contribution in [0.3, 0.4) is 0 Å². The quantitative estimate of drug-likeness (QED) is 0.168. The zero-order chi connectivity index (χ0) is 27.2. The maximum atomic E-state index is 6.44. The number of furan rings is 1. The Morgan fingerprint density at radius 2 is 1.10 bits per heavy atom. The average Bonchev–Trinajstić information content (AvgIpc) is 3.44. The van der Waals surface area contributed by atoms with E-state index in [0.29, 0.717) is 0 Å². The Labute approximate surface area is 235 Å². The van der Waals surface area contributed by atoms with E-state index in [4.69, 9.17) is 13.7 Å². The first kappa shape index (κ1) is 24.2. The summed E-state index contributed by atoms with van der Waals surface area (Å²) in [5.74, 6) is 0. The summed E-state index contributed by atoms with van der Waals surface area (Å²) in [6.45, 7) is 8.33. The van der Waals surface area contributed by atoms with Gasteiger partial charge in [0.2, 0.25) is 0 Å². The maximum Gasteiger partial charge on any atom is 0.494 e. The largest absolute Gasteiger partial charge is 0.494 e. The van der Waals surface area contributed by atoms with E-state index in [1.54, 1.807) is 11.1 Å². The van der Waals surface area contributed by atoms with E-state index in [9.17, 15) is 0 Å². The fourth-order valence-corrected chi connectivity index (χ4v) is 6.79. The van der Waals surface area contributed by atoms with Gasteiger partial charge in [0.05, 0.1) is 11.2 Å². The Kier molecular flexibility index (Phi) is 5.12. The molecule has 1 aliphatic carbocycles. The highest BCUT2D eigenvalue weighted by atomic mass is 16.7. The minimum Gasteiger partial charge on any atom is -0.456 e. The molecule has 1 aliphatic heterocycles. The van der Waals surface area contributed by atoms with Crippen LogP contribution in [0.15, 0.2) is 83.3 Å². The molecular formula is C36H33BO3. The molecule has 0 saturated carbocycles. The molecule has 0 spiro atoms. The van der Waals surface area contributed by atoms with E-state index >= 15 is 0 Å². The van der Waals surface area contributed by atoms with Crippen LogP contribution in [-0.4, -0.2) is 18.3 Å². The highest BCUT2D eigenvalue weighted by Crippen LogP contribution is 2.40. The zero-order valence-electron chi connectivity index (χ0n) is 23.6. The highest BCUT2D eigenvalue weighted by molar-refractivity contribution is 6.62. The van der Waals surface area contributed by atoms with Crippen molar-refractivity contribution >= 4 is 56.1 Å². The Hall–Kier alpha value is -3.60. The fraction of sp³-hybridized carbons (Fsp3) is 0.278. The van der Waals surface area contributed by atoms with Crippen LogP contribution in [0.4, 0.5) is 0 Å². The van der Waals surface area contributed by atoms with Gasteiger partial charge in [-0.1, -0.05) is 54.6 Å². The first-order valence-corrected chi connectivity index (χ1v) is 14.6. The van der Waals surface area contributed by atoms with Gasteiger partial charge in [-0.05, 0) is 127 Å². The van der Waals surface area contributed by atoms with Crippen molar-refractivity contribution in [1.82, 2.24) is 0 Å². The van der Waals surface area contributed by atoms with Crippen molar-refractivity contribution < 1.29 is 13.7 Å². The first-order valence-electron chi connectivity index (χ1n) is 14.6. The highest BCUT2D eigenvalue weighted by Gasteiger charge is 2.51. The minimum absolute atomic E-state index is 0.375. The third-order valence-electron chi connectivity index (χ3n) is 9.71. The average molecular weight is 524 g/mol. The Bertz CT molecular complexity index is 1960. The molecule has 0 radical (unpaired) electrons. The molecule has 2 heterocycles. The summed E-state index contributed by atoms with van der Waals surface area (Å²) in [6, 6.07) is 28.9. The number of aryl methyl sites for hydroxylation is 2. The molecule has 198 valence electrons. The fourth-order valence-electron chi connectivity index (χ4n) is 6.79. The number of benzene rings is 5. The molecule has 0 amide bonds. The molecule has 5 aromatic carbocycles. The van der Waals surface area contributed by atoms with Crippen LogP contribution < -0.4 is 5.46 Å². The predicted molar refractivity (Wildman–Crippen MR) is 167 cm³/mol. The SMILES string of the molecule is CC1(C)OB(c2ccc3c(c2)oc2cc(-c4ccc5c6c(c7ccccc7c5c4)CCCC6)ccc23)OC1(C)C. The molecular weight excluding hydrogens is 491 g/mol. The lowest BCUT2D eigenvalue weighted by Gasteiger charge is -2.32. The van der Waals surface area contributed by atoms with Crippen molar-refractivity contribution in [1.29, 1.82) is 0 Å². The van der Waals surface area contributed by atoms with Gasteiger partial charge in [0, 0.05) is 10.8 Å². The molecule has 3 nitrogen and oxygen atoms in total. The molecule has 0 bridgehead atoms. The predicted octanol–water partition coefficient (Wildman–Crippen LogP) is 8.74. The molecule has 6 aromatic rings. The molecule has 4 heteroatoms. The topological polar surface area (TPSA) is 31.6 Å². The lowest BCUT2D eigenvalue weighted by Crippen LogP contribution is -2.41. The van der Waals surface area contributed by atoms with E-state index in [1.807, 2.05) is 0 Å². The van der Waals surface area contributed by atoms with Gasteiger partial charge in [-0.2, -0.15) is 0 Å². The third kappa shape index (κ3) is 3.52. The lowest BCUT2D eigenvalue weighted by atomic mass is 9.79. The normalized spacial score (nSPS) is 18.2. The number of fused-ring (bicyclic) bond motifs is 9. The number of hydrogen-bond donors (Lipinski definition) is 0. The Balaban J connectivity index is 1.22. The first-order chi connectivity index (χ1) is 19.3. The summed E-state index contributed by atoms with van der Waals surface area (Å²) in [7, 11) is -0.406. The standard InChI is InChI=1S/C36H33BO3/c1-35(2)36(3,4)40-37(39-35)24-15-18-31-30-17-14-23(20-33(30)38-34(31)21-24)22-13-16-29-27-11-6-5-9-25(27)26-10-7-8-12-28(26)32(29)19-22/h7-8,10,12-21H,5-6,9,11H2,1-4H3. The van der Waals surface area contributed by atoms with Gasteiger partial charge in [0.25, 0.3) is 0 Å². The van der Waals surface area contributed by atoms with Crippen molar-refractivity contribution in [3.63, 3.8) is 0 Å². The molecule has 1 saturated heterocycles. The summed E-state index contributed by atoms with van der Waals surface area (Å²) in [4.78, 5) is 0. The molecule has 1 fully saturated rings. The van der Waals surface area contributed by atoms with E-state index in [-0.39, 0.29) is 11.2 Å². The zero-order valence-corrected chi connectivity index (χ0v) is 23.6. The smallest absolute Gasteiger partial charge is 0.456 e. The Morgan fingerprint density at radius 3 is 1.80 bits per heavy atom. The molecule has 8 rings (SSSR count). The van der Waals surface area contributed by atoms with Crippen LogP contribution in [0.2, 0.25) is 0 Å². The second-order valence-electron chi connectivity index (χ2n) is 12.6. The molecule has 2 aliphatic rings. The van der Waals surface area contributed by atoms with Gasteiger partial charge in [0.1, 0.15) is 11.2 Å². The summed E-state index contributed by atoms with van der Waals surface area (Å²) < 4.78 is 19.0. The summed E-state index contributed by atoms with van der Waals surface area (Å²) in [5, 5.41) is 7.78. The third-order valence-corrected chi connectivity index (χ3v) is 9.71. The van der Waals surface area contributed by atoms with Gasteiger partial charge < -0.3 is 13.7 Å². The minimum atomic E-state index is -0.406. The molecule has 0 unspecified atom stereocenters. The van der Waals surface area contributed by atoms with Gasteiger partial charge in [0.15, 0.2) is 0 Å². The van der Waals surface area contributed by atoms with Crippen LogP contribution in [0.25, 0.3) is 54.6 Å². The molecule has 1 aromatic heterocycles. The Morgan fingerprint density at radius 1 is 0.550 bits per heavy atom. The van der Waals surface area contributed by atoms with Crippen LogP contribution in [0.5, 0.6) is 0 Å². The van der Waals surface area contributed by atoms with Crippen LogP contribution in [0.1, 0.15) is 51.7 Å². The van der Waals surface area contributed by atoms with Crippen molar-refractivity contribution in [3.8, 4) is 11.1 Å². The molecule has 0 atom stereocenters. The van der Waals surface area contributed by atoms with Gasteiger partial charge in [-0.3, -0.25) is 0 Å². The van der Waals surface area contributed by atoms with Crippen molar-refractivity contribution in [2.75, 3.05) is 0 Å². The lowest BCUT2D eigenvalue weighted by molar-refractivity contribution is 0.00578. The second-order valence-corrected chi connectivity index (χ2v) is 12.6. The van der Waals surface area contributed by atoms with Crippen LogP contribution in [0, 0.1) is 0 Å².